The van der Waals surface area contributed by atoms with Crippen molar-refractivity contribution in [3.8, 4) is 11.8 Å². The van der Waals surface area contributed by atoms with Crippen LogP contribution >= 0.6 is 11.6 Å². The monoisotopic (exact) mass is 609 g/mol. The van der Waals surface area contributed by atoms with Gasteiger partial charge in [-0.2, -0.15) is 0 Å². The van der Waals surface area contributed by atoms with Gasteiger partial charge in [0.05, 0.1) is 23.9 Å². The van der Waals surface area contributed by atoms with E-state index in [2.05, 4.69) is 48.1 Å². The molecule has 228 valence electrons. The number of benzene rings is 1. The third kappa shape index (κ3) is 6.29. The van der Waals surface area contributed by atoms with E-state index >= 15 is 0 Å². The van der Waals surface area contributed by atoms with Gasteiger partial charge in [-0.15, -0.1) is 0 Å². The lowest BCUT2D eigenvalue weighted by Gasteiger charge is -2.23. The molecule has 8 N–H and O–H groups in total. The molecule has 0 radical (unpaired) electrons. The fourth-order valence-corrected chi connectivity index (χ4v) is 6.07. The summed E-state index contributed by atoms with van der Waals surface area (Å²) in [5, 5.41) is 34.3. The van der Waals surface area contributed by atoms with Crippen molar-refractivity contribution in [1.82, 2.24) is 35.5 Å². The number of hydrogen-bond donors (Lipinski definition) is 7. The molecule has 0 bridgehead atoms. The molecule has 2 heterocycles. The molecule has 2 aliphatic rings. The SMILES string of the molecule is CNC(=O)[C@@]12C[C@@H]1[C@@H](n1cnc3c(NCc4cccc(Cl)c4)nc(C#CCCC(=O)NCCNCCN)nc31)[C@H](O)[C@@H]2O. The third-order valence-electron chi connectivity index (χ3n) is 8.04. The fourth-order valence-electron chi connectivity index (χ4n) is 5.86. The molecule has 1 aromatic carbocycles. The second kappa shape index (κ2) is 13.2. The van der Waals surface area contributed by atoms with Gasteiger partial charge in [-0.3, -0.25) is 9.59 Å². The number of aliphatic hydroxyl groups excluding tert-OH is 2. The molecule has 2 fully saturated rings. The van der Waals surface area contributed by atoms with E-state index in [1.54, 1.807) is 17.0 Å². The van der Waals surface area contributed by atoms with Crippen LogP contribution in [0, 0.1) is 23.2 Å². The van der Waals surface area contributed by atoms with E-state index in [0.717, 1.165) is 5.56 Å². The average Bonchev–Trinajstić information content (AvgIpc) is 3.54. The highest BCUT2D eigenvalue weighted by Crippen LogP contribution is 2.67. The van der Waals surface area contributed by atoms with E-state index in [0.29, 0.717) is 67.6 Å². The molecular formula is C29H36ClN9O4. The molecule has 0 saturated heterocycles. The number of anilines is 1. The Morgan fingerprint density at radius 3 is 2.84 bits per heavy atom. The molecule has 3 aromatic rings. The third-order valence-corrected chi connectivity index (χ3v) is 8.27. The van der Waals surface area contributed by atoms with Gasteiger partial charge in [-0.05, 0) is 30.0 Å². The molecule has 2 amide bonds. The van der Waals surface area contributed by atoms with Gasteiger partial charge in [0, 0.05) is 63.6 Å². The Hall–Kier alpha value is -3.80. The highest BCUT2D eigenvalue weighted by Gasteiger charge is 2.75. The van der Waals surface area contributed by atoms with Crippen molar-refractivity contribution in [2.75, 3.05) is 38.5 Å². The molecule has 43 heavy (non-hydrogen) atoms. The van der Waals surface area contributed by atoms with Crippen LogP contribution in [0.3, 0.4) is 0 Å². The molecule has 14 heteroatoms. The van der Waals surface area contributed by atoms with Gasteiger partial charge in [-0.25, -0.2) is 15.0 Å². The first kappa shape index (κ1) is 30.7. The van der Waals surface area contributed by atoms with Crippen LogP contribution in [0.15, 0.2) is 30.6 Å². The number of nitrogens with one attached hydrogen (secondary N) is 4. The number of aliphatic hydroxyl groups is 2. The van der Waals surface area contributed by atoms with Crippen LogP contribution in [0.25, 0.3) is 11.2 Å². The Morgan fingerprint density at radius 1 is 1.23 bits per heavy atom. The zero-order valence-electron chi connectivity index (χ0n) is 23.8. The fraction of sp³-hybridized carbons (Fsp3) is 0.483. The highest BCUT2D eigenvalue weighted by molar-refractivity contribution is 6.30. The van der Waals surface area contributed by atoms with E-state index in [9.17, 15) is 19.8 Å². The number of carbonyl (C=O) groups is 2. The van der Waals surface area contributed by atoms with Crippen molar-refractivity contribution < 1.29 is 19.8 Å². The molecule has 2 saturated carbocycles. The number of rotatable bonds is 12. The molecule has 0 aliphatic heterocycles. The minimum atomic E-state index is -1.22. The zero-order chi connectivity index (χ0) is 30.6. The van der Waals surface area contributed by atoms with Crippen LogP contribution in [-0.4, -0.2) is 87.0 Å². The van der Waals surface area contributed by atoms with Crippen molar-refractivity contribution in [3.05, 3.63) is 47.0 Å². The zero-order valence-corrected chi connectivity index (χ0v) is 24.6. The standard InChI is InChI=1S/C29H36ClN9O4/c1-32-28(43)29-14-19(29)23(24(41)25(29)42)39-16-36-22-26(35-15-17-5-4-6-18(30)13-17)37-20(38-27(22)39)7-2-3-8-21(40)34-12-11-33-10-9-31/h4-6,13,16,19,23-25,33,41-42H,3,8-12,14-15,31H2,1H3,(H,32,43)(H,34,40)(H,35,37,38)/t19-,23-,24+,25+,29+/m1/s1. The first-order valence-electron chi connectivity index (χ1n) is 14.3. The molecule has 2 aromatic heterocycles. The molecule has 0 unspecified atom stereocenters. The number of imidazole rings is 1. The summed E-state index contributed by atoms with van der Waals surface area (Å²) < 4.78 is 1.70. The van der Waals surface area contributed by atoms with E-state index in [-0.39, 0.29) is 30.0 Å². The van der Waals surface area contributed by atoms with Gasteiger partial charge in [0.25, 0.3) is 0 Å². The lowest BCUT2D eigenvalue weighted by Crippen LogP contribution is -2.41. The summed E-state index contributed by atoms with van der Waals surface area (Å²) >= 11 is 6.16. The number of nitrogens with two attached hydrogens (primary N) is 1. The highest BCUT2D eigenvalue weighted by atomic mass is 35.5. The number of amides is 2. The summed E-state index contributed by atoms with van der Waals surface area (Å²) in [6.07, 6.45) is 0.108. The Morgan fingerprint density at radius 2 is 2.07 bits per heavy atom. The van der Waals surface area contributed by atoms with Crippen molar-refractivity contribution >= 4 is 40.4 Å². The summed E-state index contributed by atoms with van der Waals surface area (Å²) in [6, 6.07) is 6.80. The summed E-state index contributed by atoms with van der Waals surface area (Å²) in [7, 11) is 1.52. The van der Waals surface area contributed by atoms with Gasteiger partial charge >= 0.3 is 0 Å². The topological polar surface area (TPSA) is 192 Å². The van der Waals surface area contributed by atoms with E-state index in [1.807, 2.05) is 18.2 Å². The van der Waals surface area contributed by atoms with Gasteiger partial charge in [-0.1, -0.05) is 29.7 Å². The normalized spacial score (nSPS) is 23.7. The largest absolute Gasteiger partial charge is 0.389 e. The predicted octanol–water partition coefficient (Wildman–Crippen LogP) is -0.0832. The molecule has 2 aliphatic carbocycles. The molecular weight excluding hydrogens is 574 g/mol. The minimum Gasteiger partial charge on any atom is -0.389 e. The molecule has 0 spiro atoms. The maximum Gasteiger partial charge on any atom is 0.229 e. The van der Waals surface area contributed by atoms with Gasteiger partial charge in [0.15, 0.2) is 17.0 Å². The van der Waals surface area contributed by atoms with Crippen molar-refractivity contribution in [2.45, 2.75) is 44.1 Å². The Balaban J connectivity index is 1.38. The number of carbonyl (C=O) groups excluding carboxylic acids is 2. The number of hydrogen-bond acceptors (Lipinski definition) is 10. The van der Waals surface area contributed by atoms with Gasteiger partial charge in [0.2, 0.25) is 17.6 Å². The first-order chi connectivity index (χ1) is 20.8. The predicted molar refractivity (Wildman–Crippen MR) is 161 cm³/mol. The Bertz CT molecular complexity index is 1550. The smallest absolute Gasteiger partial charge is 0.229 e. The van der Waals surface area contributed by atoms with E-state index < -0.39 is 23.7 Å². The summed E-state index contributed by atoms with van der Waals surface area (Å²) in [4.78, 5) is 38.6. The van der Waals surface area contributed by atoms with Crippen LogP contribution in [0.4, 0.5) is 5.82 Å². The number of aromatic nitrogens is 4. The van der Waals surface area contributed by atoms with Crippen LogP contribution in [-0.2, 0) is 16.1 Å². The lowest BCUT2D eigenvalue weighted by atomic mass is 9.98. The molecule has 5 atom stereocenters. The molecule has 5 rings (SSSR count). The average molecular weight is 610 g/mol. The maximum atomic E-state index is 12.7. The van der Waals surface area contributed by atoms with E-state index in [4.69, 9.17) is 17.3 Å². The van der Waals surface area contributed by atoms with Gasteiger partial charge < -0.3 is 41.8 Å². The summed E-state index contributed by atoms with van der Waals surface area (Å²) in [5.41, 5.74) is 6.19. The second-order valence-electron chi connectivity index (χ2n) is 10.7. The van der Waals surface area contributed by atoms with Crippen LogP contribution in [0.5, 0.6) is 0 Å². The van der Waals surface area contributed by atoms with Gasteiger partial charge in [0.1, 0.15) is 6.10 Å². The molecule has 13 nitrogen and oxygen atoms in total. The lowest BCUT2D eigenvalue weighted by molar-refractivity contribution is -0.132. The Kier molecular flexibility index (Phi) is 9.43. The number of fused-ring (bicyclic) bond motifs is 2. The number of nitrogens with zero attached hydrogens (tertiary/aromatic N) is 4. The second-order valence-corrected chi connectivity index (χ2v) is 11.2. The van der Waals surface area contributed by atoms with E-state index in [1.165, 1.54) is 7.05 Å². The van der Waals surface area contributed by atoms with Crippen LogP contribution in [0.2, 0.25) is 5.02 Å². The summed E-state index contributed by atoms with van der Waals surface area (Å²) in [5.74, 6) is 5.87. The summed E-state index contributed by atoms with van der Waals surface area (Å²) in [6.45, 7) is 2.77. The maximum absolute atomic E-state index is 12.7. The quantitative estimate of drug-likeness (QED) is 0.108. The first-order valence-corrected chi connectivity index (χ1v) is 14.7. The van der Waals surface area contributed by atoms with Crippen LogP contribution in [0.1, 0.15) is 36.7 Å². The van der Waals surface area contributed by atoms with Crippen LogP contribution < -0.4 is 27.0 Å². The minimum absolute atomic E-state index is 0.111. The number of halogens is 1. The van der Waals surface area contributed by atoms with Crippen molar-refractivity contribution in [2.24, 2.45) is 17.1 Å². The van der Waals surface area contributed by atoms with Crippen molar-refractivity contribution in [3.63, 3.8) is 0 Å². The van der Waals surface area contributed by atoms with Crippen molar-refractivity contribution in [1.29, 1.82) is 0 Å². The Labute approximate surface area is 254 Å².